The van der Waals surface area contributed by atoms with Crippen LogP contribution in [0.25, 0.3) is 88.6 Å². The fraction of sp³-hybridized carbons (Fsp3) is 0. The van der Waals surface area contributed by atoms with Gasteiger partial charge in [0.25, 0.3) is 0 Å². The molecule has 46 heavy (non-hydrogen) atoms. The molecule has 0 saturated heterocycles. The summed E-state index contributed by atoms with van der Waals surface area (Å²) in [5, 5.41) is 4.50. The van der Waals surface area contributed by atoms with Crippen molar-refractivity contribution in [2.24, 2.45) is 0 Å². The van der Waals surface area contributed by atoms with Crippen molar-refractivity contribution in [3.63, 3.8) is 0 Å². The Morgan fingerprint density at radius 1 is 0.283 bits per heavy atom. The highest BCUT2D eigenvalue weighted by Gasteiger charge is 2.15. The molecule has 3 heterocycles. The van der Waals surface area contributed by atoms with E-state index in [0.29, 0.717) is 0 Å². The molecule has 0 atom stereocenters. The number of fused-ring (bicyclic) bond motifs is 5. The van der Waals surface area contributed by atoms with Crippen molar-refractivity contribution >= 4 is 43.6 Å². The first kappa shape index (κ1) is 26.2. The lowest BCUT2D eigenvalue weighted by atomic mass is 10.00. The Kier molecular flexibility index (Phi) is 6.10. The molecule has 0 amide bonds. The van der Waals surface area contributed by atoms with Crippen molar-refractivity contribution in [1.29, 1.82) is 0 Å². The number of hydrogen-bond acceptors (Lipinski definition) is 4. The number of benzene rings is 6. The van der Waals surface area contributed by atoms with Gasteiger partial charge in [0, 0.05) is 33.0 Å². The summed E-state index contributed by atoms with van der Waals surface area (Å²) in [5.41, 5.74) is 11.1. The maximum absolute atomic E-state index is 5.24. The lowest BCUT2D eigenvalue weighted by Crippen LogP contribution is -1.96. The molecule has 4 heteroatoms. The third kappa shape index (κ3) is 4.56. The average Bonchev–Trinajstić information content (AvgIpc) is 3.14. The summed E-state index contributed by atoms with van der Waals surface area (Å²) >= 11 is 0. The van der Waals surface area contributed by atoms with Crippen molar-refractivity contribution in [2.45, 2.75) is 0 Å². The standard InChI is InChI=1S/C42H26N4/c1-3-10-28(11-4-1)35-22-19-30-16-17-31-20-23-36(44-41(31)40(30)43-35)33-21-24-37-38(26-33)46-39(29-12-5-2-6-13-29)42(45-37)34-18-15-27-9-7-8-14-32(27)25-34/h1-26H. The van der Waals surface area contributed by atoms with E-state index in [9.17, 15) is 0 Å². The van der Waals surface area contributed by atoms with Crippen molar-refractivity contribution in [3.05, 3.63) is 158 Å². The molecule has 3 aromatic heterocycles. The zero-order valence-electron chi connectivity index (χ0n) is 24.8. The summed E-state index contributed by atoms with van der Waals surface area (Å²) in [6.45, 7) is 0. The van der Waals surface area contributed by atoms with Crippen LogP contribution in [0.4, 0.5) is 0 Å². The van der Waals surface area contributed by atoms with Gasteiger partial charge in [-0.3, -0.25) is 0 Å². The SMILES string of the molecule is c1ccc(-c2ccc3ccc4ccc(-c5ccc6nc(-c7ccc8ccccc8c7)c(-c7ccccc7)nc6c5)nc4c3n2)cc1. The molecule has 9 rings (SSSR count). The van der Waals surface area contributed by atoms with E-state index < -0.39 is 0 Å². The van der Waals surface area contributed by atoms with Crippen LogP contribution >= 0.6 is 0 Å². The molecule has 0 bridgehead atoms. The van der Waals surface area contributed by atoms with Crippen molar-refractivity contribution in [1.82, 2.24) is 19.9 Å². The highest BCUT2D eigenvalue weighted by atomic mass is 14.8. The zero-order valence-corrected chi connectivity index (χ0v) is 24.8. The molecule has 0 radical (unpaired) electrons. The smallest absolute Gasteiger partial charge is 0.0973 e. The summed E-state index contributed by atoms with van der Waals surface area (Å²) in [4.78, 5) is 20.7. The van der Waals surface area contributed by atoms with E-state index in [1.165, 1.54) is 10.8 Å². The second-order valence-electron chi connectivity index (χ2n) is 11.5. The molecular formula is C42H26N4. The highest BCUT2D eigenvalue weighted by Crippen LogP contribution is 2.34. The third-order valence-corrected chi connectivity index (χ3v) is 8.62. The zero-order chi connectivity index (χ0) is 30.5. The summed E-state index contributed by atoms with van der Waals surface area (Å²) in [6.07, 6.45) is 0. The van der Waals surface area contributed by atoms with Gasteiger partial charge in [0.05, 0.1) is 44.8 Å². The second kappa shape index (κ2) is 10.7. The molecule has 0 saturated carbocycles. The molecule has 0 aliphatic carbocycles. The van der Waals surface area contributed by atoms with Gasteiger partial charge in [-0.2, -0.15) is 0 Å². The summed E-state index contributed by atoms with van der Waals surface area (Å²) in [7, 11) is 0. The van der Waals surface area contributed by atoms with E-state index in [4.69, 9.17) is 19.9 Å². The first-order valence-corrected chi connectivity index (χ1v) is 15.4. The van der Waals surface area contributed by atoms with E-state index in [1.54, 1.807) is 0 Å². The van der Waals surface area contributed by atoms with E-state index in [0.717, 1.165) is 77.9 Å². The fourth-order valence-corrected chi connectivity index (χ4v) is 6.25. The first-order valence-electron chi connectivity index (χ1n) is 15.4. The van der Waals surface area contributed by atoms with Gasteiger partial charge in [-0.15, -0.1) is 0 Å². The van der Waals surface area contributed by atoms with Gasteiger partial charge in [0.1, 0.15) is 0 Å². The average molecular weight is 587 g/mol. The molecule has 0 N–H and O–H groups in total. The molecule has 0 fully saturated rings. The highest BCUT2D eigenvalue weighted by molar-refractivity contribution is 6.04. The molecule has 214 valence electrons. The van der Waals surface area contributed by atoms with Crippen molar-refractivity contribution in [2.75, 3.05) is 0 Å². The lowest BCUT2D eigenvalue weighted by Gasteiger charge is -2.12. The van der Waals surface area contributed by atoms with Crippen molar-refractivity contribution < 1.29 is 0 Å². The summed E-state index contributed by atoms with van der Waals surface area (Å²) < 4.78 is 0. The molecule has 9 aromatic rings. The van der Waals surface area contributed by atoms with Crippen LogP contribution in [0.1, 0.15) is 0 Å². The Balaban J connectivity index is 1.20. The second-order valence-corrected chi connectivity index (χ2v) is 11.5. The quantitative estimate of drug-likeness (QED) is 0.193. The third-order valence-electron chi connectivity index (χ3n) is 8.62. The van der Waals surface area contributed by atoms with Crippen LogP contribution < -0.4 is 0 Å². The minimum absolute atomic E-state index is 0.824. The first-order chi connectivity index (χ1) is 22.8. The van der Waals surface area contributed by atoms with Crippen LogP contribution in [-0.4, -0.2) is 19.9 Å². The van der Waals surface area contributed by atoms with Crippen LogP contribution in [-0.2, 0) is 0 Å². The molecule has 6 aromatic carbocycles. The molecule has 0 aliphatic rings. The normalized spacial score (nSPS) is 11.5. The van der Waals surface area contributed by atoms with Crippen LogP contribution in [0.3, 0.4) is 0 Å². The van der Waals surface area contributed by atoms with Crippen molar-refractivity contribution in [3.8, 4) is 45.0 Å². The number of aromatic nitrogens is 4. The van der Waals surface area contributed by atoms with E-state index in [2.05, 4.69) is 121 Å². The molecule has 0 spiro atoms. The van der Waals surface area contributed by atoms with E-state index >= 15 is 0 Å². The van der Waals surface area contributed by atoms with E-state index in [-0.39, 0.29) is 0 Å². The van der Waals surface area contributed by atoms with Gasteiger partial charge in [-0.05, 0) is 41.1 Å². The van der Waals surface area contributed by atoms with Gasteiger partial charge in [-0.1, -0.05) is 127 Å². The minimum atomic E-state index is 0.824. The Morgan fingerprint density at radius 3 is 1.52 bits per heavy atom. The van der Waals surface area contributed by atoms with Gasteiger partial charge >= 0.3 is 0 Å². The Morgan fingerprint density at radius 2 is 0.804 bits per heavy atom. The monoisotopic (exact) mass is 586 g/mol. The van der Waals surface area contributed by atoms with Gasteiger partial charge in [0.15, 0.2) is 0 Å². The van der Waals surface area contributed by atoms with Gasteiger partial charge in [0.2, 0.25) is 0 Å². The molecule has 4 nitrogen and oxygen atoms in total. The Labute approximate surface area is 265 Å². The van der Waals surface area contributed by atoms with Gasteiger partial charge in [-0.25, -0.2) is 19.9 Å². The lowest BCUT2D eigenvalue weighted by molar-refractivity contribution is 1.29. The number of hydrogen-bond donors (Lipinski definition) is 0. The number of nitrogens with zero attached hydrogens (tertiary/aromatic N) is 4. The maximum Gasteiger partial charge on any atom is 0.0973 e. The van der Waals surface area contributed by atoms with Crippen LogP contribution in [0.5, 0.6) is 0 Å². The Hall–Kier alpha value is -6.26. The summed E-state index contributed by atoms with van der Waals surface area (Å²) in [5.74, 6) is 0. The van der Waals surface area contributed by atoms with Gasteiger partial charge < -0.3 is 0 Å². The number of rotatable bonds is 4. The number of pyridine rings is 2. The molecule has 0 unspecified atom stereocenters. The fourth-order valence-electron chi connectivity index (χ4n) is 6.25. The Bertz CT molecular complexity index is 2580. The molecular weight excluding hydrogens is 560 g/mol. The predicted octanol–water partition coefficient (Wildman–Crippen LogP) is 10.5. The summed E-state index contributed by atoms with van der Waals surface area (Å²) in [6, 6.07) is 54.4. The topological polar surface area (TPSA) is 51.6 Å². The minimum Gasteiger partial charge on any atom is -0.245 e. The predicted molar refractivity (Wildman–Crippen MR) is 189 cm³/mol. The van der Waals surface area contributed by atoms with Crippen LogP contribution in [0, 0.1) is 0 Å². The van der Waals surface area contributed by atoms with E-state index in [1.807, 2.05) is 36.4 Å². The molecule has 0 aliphatic heterocycles. The van der Waals surface area contributed by atoms with Crippen LogP contribution in [0.15, 0.2) is 158 Å². The maximum atomic E-state index is 5.24. The van der Waals surface area contributed by atoms with Crippen LogP contribution in [0.2, 0.25) is 0 Å². The largest absolute Gasteiger partial charge is 0.245 e.